The van der Waals surface area contributed by atoms with Crippen molar-refractivity contribution in [3.8, 4) is 5.75 Å². The first-order valence-electron chi connectivity index (χ1n) is 6.08. The van der Waals surface area contributed by atoms with E-state index >= 15 is 0 Å². The highest BCUT2D eigenvalue weighted by atomic mass is 79.9. The van der Waals surface area contributed by atoms with E-state index in [1.165, 1.54) is 11.3 Å². The second-order valence-corrected chi connectivity index (χ2v) is 6.23. The van der Waals surface area contributed by atoms with Gasteiger partial charge in [0.15, 0.2) is 0 Å². The van der Waals surface area contributed by atoms with Gasteiger partial charge in [-0.1, -0.05) is 0 Å². The number of esters is 1. The van der Waals surface area contributed by atoms with Crippen LogP contribution in [0.1, 0.15) is 30.4 Å². The maximum Gasteiger partial charge on any atom is 0.348 e. The van der Waals surface area contributed by atoms with E-state index in [1.807, 2.05) is 32.0 Å². The Balaban J connectivity index is 2.41. The average Bonchev–Trinajstić information content (AvgIpc) is 2.72. The molecule has 102 valence electrons. The molecule has 0 fully saturated rings. The highest BCUT2D eigenvalue weighted by Crippen LogP contribution is 2.36. The zero-order chi connectivity index (χ0) is 14.0. The second-order valence-electron chi connectivity index (χ2n) is 4.32. The number of fused-ring (bicyclic) bond motifs is 1. The van der Waals surface area contributed by atoms with Gasteiger partial charge in [0, 0.05) is 9.17 Å². The number of carbonyl (C=O) groups is 1. The van der Waals surface area contributed by atoms with E-state index in [0.29, 0.717) is 11.5 Å². The Kier molecular flexibility index (Phi) is 4.47. The number of benzene rings is 1. The third kappa shape index (κ3) is 3.28. The first kappa shape index (κ1) is 14.3. The molecule has 5 heteroatoms. The molecule has 0 unspecified atom stereocenters. The fourth-order valence-electron chi connectivity index (χ4n) is 1.73. The second kappa shape index (κ2) is 5.92. The molecule has 2 aromatic rings. The maximum absolute atomic E-state index is 11.7. The summed E-state index contributed by atoms with van der Waals surface area (Å²) >= 11 is 4.94. The van der Waals surface area contributed by atoms with Gasteiger partial charge < -0.3 is 9.47 Å². The van der Waals surface area contributed by atoms with E-state index in [0.717, 1.165) is 20.3 Å². The lowest BCUT2D eigenvalue weighted by Gasteiger charge is -2.10. The Morgan fingerprint density at radius 3 is 2.74 bits per heavy atom. The summed E-state index contributed by atoms with van der Waals surface area (Å²) < 4.78 is 12.7. The molecule has 3 nitrogen and oxygen atoms in total. The van der Waals surface area contributed by atoms with Gasteiger partial charge in [-0.15, -0.1) is 11.3 Å². The van der Waals surface area contributed by atoms with Crippen LogP contribution < -0.4 is 4.74 Å². The Bertz CT molecular complexity index is 604. The first-order valence-corrected chi connectivity index (χ1v) is 7.69. The summed E-state index contributed by atoms with van der Waals surface area (Å²) in [6.07, 6.45) is 0.118. The summed E-state index contributed by atoms with van der Waals surface area (Å²) in [6, 6.07) is 5.71. The minimum atomic E-state index is -0.276. The lowest BCUT2D eigenvalue weighted by atomic mass is 10.2. The zero-order valence-electron chi connectivity index (χ0n) is 11.0. The maximum atomic E-state index is 11.7. The van der Waals surface area contributed by atoms with Gasteiger partial charge in [0.25, 0.3) is 0 Å². The van der Waals surface area contributed by atoms with Crippen LogP contribution in [0.2, 0.25) is 0 Å². The van der Waals surface area contributed by atoms with E-state index in [4.69, 9.17) is 9.47 Å². The fraction of sp³-hybridized carbons (Fsp3) is 0.357. The summed E-state index contributed by atoms with van der Waals surface area (Å²) in [7, 11) is 0. The van der Waals surface area contributed by atoms with Crippen molar-refractivity contribution < 1.29 is 14.3 Å². The molecule has 0 amide bonds. The standard InChI is InChI=1S/C14H15BrO3S/c1-4-17-14(16)12-6-9-5-10(18-8(2)3)7-11(15)13(9)19-12/h5-8H,4H2,1-3H3. The van der Waals surface area contributed by atoms with Crippen molar-refractivity contribution in [2.24, 2.45) is 0 Å². The van der Waals surface area contributed by atoms with E-state index in [2.05, 4.69) is 15.9 Å². The van der Waals surface area contributed by atoms with Gasteiger partial charge in [-0.25, -0.2) is 4.79 Å². The first-order chi connectivity index (χ1) is 9.01. The molecule has 0 aliphatic carbocycles. The average molecular weight is 343 g/mol. The van der Waals surface area contributed by atoms with Crippen molar-refractivity contribution in [1.82, 2.24) is 0 Å². The summed E-state index contributed by atoms with van der Waals surface area (Å²) in [4.78, 5) is 12.3. The minimum Gasteiger partial charge on any atom is -0.491 e. The molecule has 0 saturated carbocycles. The molecular formula is C14H15BrO3S. The molecule has 1 aromatic heterocycles. The molecule has 19 heavy (non-hydrogen) atoms. The normalized spacial score (nSPS) is 11.0. The quantitative estimate of drug-likeness (QED) is 0.760. The number of halogens is 1. The van der Waals surface area contributed by atoms with Crippen molar-refractivity contribution in [2.75, 3.05) is 6.61 Å². The Hall–Kier alpha value is -1.07. The molecule has 0 spiro atoms. The van der Waals surface area contributed by atoms with Crippen LogP contribution in [0, 0.1) is 0 Å². The van der Waals surface area contributed by atoms with Crippen LogP contribution >= 0.6 is 27.3 Å². The molecule has 0 aliphatic heterocycles. The van der Waals surface area contributed by atoms with Crippen LogP contribution in [0.15, 0.2) is 22.7 Å². The number of hydrogen-bond acceptors (Lipinski definition) is 4. The predicted molar refractivity (Wildman–Crippen MR) is 81.2 cm³/mol. The van der Waals surface area contributed by atoms with Crippen molar-refractivity contribution >= 4 is 43.3 Å². The van der Waals surface area contributed by atoms with Gasteiger partial charge in [-0.05, 0) is 60.3 Å². The van der Waals surface area contributed by atoms with Gasteiger partial charge in [0.1, 0.15) is 10.6 Å². The monoisotopic (exact) mass is 342 g/mol. The number of hydrogen-bond donors (Lipinski definition) is 0. The highest BCUT2D eigenvalue weighted by molar-refractivity contribution is 9.10. The molecule has 2 rings (SSSR count). The summed E-state index contributed by atoms with van der Waals surface area (Å²) in [6.45, 7) is 6.15. The van der Waals surface area contributed by atoms with E-state index < -0.39 is 0 Å². The number of carbonyl (C=O) groups excluding carboxylic acids is 1. The van der Waals surface area contributed by atoms with Crippen molar-refractivity contribution in [2.45, 2.75) is 26.9 Å². The molecule has 0 saturated heterocycles. The molecule has 1 aromatic carbocycles. The van der Waals surface area contributed by atoms with Crippen LogP contribution in [0.25, 0.3) is 10.1 Å². The van der Waals surface area contributed by atoms with Crippen LogP contribution in [0.5, 0.6) is 5.75 Å². The van der Waals surface area contributed by atoms with E-state index in [1.54, 1.807) is 6.92 Å². The fourth-order valence-corrected chi connectivity index (χ4v) is 3.36. The molecular weight excluding hydrogens is 328 g/mol. The molecule has 0 aliphatic rings. The van der Waals surface area contributed by atoms with Crippen molar-refractivity contribution in [3.63, 3.8) is 0 Å². The Morgan fingerprint density at radius 2 is 2.11 bits per heavy atom. The number of thiophene rings is 1. The molecule has 0 bridgehead atoms. The topological polar surface area (TPSA) is 35.5 Å². The lowest BCUT2D eigenvalue weighted by Crippen LogP contribution is -2.05. The summed E-state index contributed by atoms with van der Waals surface area (Å²) in [5, 5.41) is 0.984. The lowest BCUT2D eigenvalue weighted by molar-refractivity contribution is 0.0532. The molecule has 1 heterocycles. The van der Waals surface area contributed by atoms with Gasteiger partial charge in [-0.3, -0.25) is 0 Å². The molecule has 0 atom stereocenters. The summed E-state index contributed by atoms with van der Waals surface area (Å²) in [5.74, 6) is 0.518. The largest absolute Gasteiger partial charge is 0.491 e. The van der Waals surface area contributed by atoms with E-state index in [-0.39, 0.29) is 12.1 Å². The zero-order valence-corrected chi connectivity index (χ0v) is 13.4. The number of ether oxygens (including phenoxy) is 2. The molecule has 0 radical (unpaired) electrons. The SMILES string of the molecule is CCOC(=O)c1cc2cc(OC(C)C)cc(Br)c2s1. The van der Waals surface area contributed by atoms with Crippen LogP contribution in [-0.2, 0) is 4.74 Å². The van der Waals surface area contributed by atoms with Crippen molar-refractivity contribution in [1.29, 1.82) is 0 Å². The van der Waals surface area contributed by atoms with Crippen LogP contribution in [0.4, 0.5) is 0 Å². The highest BCUT2D eigenvalue weighted by Gasteiger charge is 2.14. The number of rotatable bonds is 4. The Labute approximate surface area is 124 Å². The third-order valence-corrected chi connectivity index (χ3v) is 4.44. The van der Waals surface area contributed by atoms with E-state index in [9.17, 15) is 4.79 Å². The van der Waals surface area contributed by atoms with Gasteiger partial charge in [-0.2, -0.15) is 0 Å². The molecule has 0 N–H and O–H groups in total. The summed E-state index contributed by atoms with van der Waals surface area (Å²) in [5.41, 5.74) is 0. The van der Waals surface area contributed by atoms with Gasteiger partial charge in [0.2, 0.25) is 0 Å². The van der Waals surface area contributed by atoms with Crippen LogP contribution in [-0.4, -0.2) is 18.7 Å². The van der Waals surface area contributed by atoms with Crippen LogP contribution in [0.3, 0.4) is 0 Å². The van der Waals surface area contributed by atoms with Gasteiger partial charge in [0.05, 0.1) is 12.7 Å². The minimum absolute atomic E-state index is 0.118. The Morgan fingerprint density at radius 1 is 1.37 bits per heavy atom. The third-order valence-electron chi connectivity index (χ3n) is 2.39. The smallest absolute Gasteiger partial charge is 0.348 e. The predicted octanol–water partition coefficient (Wildman–Crippen LogP) is 4.63. The van der Waals surface area contributed by atoms with Gasteiger partial charge >= 0.3 is 5.97 Å². The van der Waals surface area contributed by atoms with Crippen molar-refractivity contribution in [3.05, 3.63) is 27.5 Å².